The maximum atomic E-state index is 13.8. The van der Waals surface area contributed by atoms with Gasteiger partial charge in [0.2, 0.25) is 0 Å². The van der Waals surface area contributed by atoms with Crippen molar-refractivity contribution in [2.45, 2.75) is 128 Å². The number of hydrogen-bond donors (Lipinski definition) is 2. The third-order valence-electron chi connectivity index (χ3n) is 12.8. The number of Topliss-reactive ketones (excluding diaryl/α,β-unsaturated/α-hetero) is 1. The normalized spacial score (nSPS) is 51.1. The summed E-state index contributed by atoms with van der Waals surface area (Å²) in [5, 5.41) is 25.2. The molecule has 0 radical (unpaired) electrons. The van der Waals surface area contributed by atoms with Crippen molar-refractivity contribution < 1.29 is 43.5 Å². The van der Waals surface area contributed by atoms with E-state index in [0.717, 1.165) is 5.57 Å². The molecule has 6 rings (SSSR count). The lowest BCUT2D eigenvalue weighted by atomic mass is 9.42. The fourth-order valence-corrected chi connectivity index (χ4v) is 10.3. The van der Waals surface area contributed by atoms with Crippen LogP contribution in [0.3, 0.4) is 0 Å². The molecule has 12 atom stereocenters. The summed E-state index contributed by atoms with van der Waals surface area (Å²) in [5.41, 5.74) is -3.82. The highest BCUT2D eigenvalue weighted by Crippen LogP contribution is 2.75. The quantitative estimate of drug-likeness (QED) is 0.393. The fraction of sp³-hybridized carbons (Fsp3) is 0.839. The Bertz CT molecular complexity index is 1190. The summed E-state index contributed by atoms with van der Waals surface area (Å²) in [6.07, 6.45) is 1.28. The lowest BCUT2D eigenvalue weighted by Crippen LogP contribution is -2.70. The van der Waals surface area contributed by atoms with Gasteiger partial charge in [-0.15, -0.1) is 0 Å². The zero-order valence-electron chi connectivity index (χ0n) is 24.7. The molecule has 0 unspecified atom stereocenters. The smallest absolute Gasteiger partial charge is 0.334 e. The van der Waals surface area contributed by atoms with Crippen molar-refractivity contribution in [1.29, 1.82) is 0 Å². The van der Waals surface area contributed by atoms with Crippen LogP contribution in [0.25, 0.3) is 0 Å². The average Bonchev–Trinajstić information content (AvgIpc) is 3.53. The molecule has 1 spiro atoms. The van der Waals surface area contributed by atoms with E-state index in [2.05, 4.69) is 0 Å². The Morgan fingerprint density at radius 3 is 2.45 bits per heavy atom. The van der Waals surface area contributed by atoms with E-state index >= 15 is 0 Å². The minimum atomic E-state index is -1.50. The van der Waals surface area contributed by atoms with Crippen molar-refractivity contribution in [2.24, 2.45) is 28.6 Å². The van der Waals surface area contributed by atoms with Crippen LogP contribution in [0.4, 0.5) is 0 Å². The van der Waals surface area contributed by atoms with Crippen molar-refractivity contribution in [3.05, 3.63) is 11.1 Å². The molecule has 0 aromatic rings. The van der Waals surface area contributed by atoms with E-state index < -0.39 is 57.7 Å². The van der Waals surface area contributed by atoms with Crippen LogP contribution >= 0.6 is 0 Å². The number of esters is 2. The molecular formula is C31H44O9. The largest absolute Gasteiger partial charge is 0.459 e. The van der Waals surface area contributed by atoms with Crippen LogP contribution in [0.2, 0.25) is 0 Å². The first kappa shape index (κ1) is 28.3. The van der Waals surface area contributed by atoms with Gasteiger partial charge in [-0.3, -0.25) is 9.59 Å². The number of epoxide rings is 1. The minimum absolute atomic E-state index is 0.104. The van der Waals surface area contributed by atoms with Crippen molar-refractivity contribution in [2.75, 3.05) is 7.11 Å². The molecular weight excluding hydrogens is 516 g/mol. The first-order valence-electron chi connectivity index (χ1n) is 14.8. The van der Waals surface area contributed by atoms with Gasteiger partial charge in [0.15, 0.2) is 0 Å². The zero-order chi connectivity index (χ0) is 29.2. The number of hydrogen-bond acceptors (Lipinski definition) is 9. The molecule has 1 saturated heterocycles. The summed E-state index contributed by atoms with van der Waals surface area (Å²) >= 11 is 0. The molecule has 5 fully saturated rings. The molecule has 4 aliphatic carbocycles. The van der Waals surface area contributed by atoms with Gasteiger partial charge < -0.3 is 29.2 Å². The summed E-state index contributed by atoms with van der Waals surface area (Å²) in [5.74, 6) is -1.91. The molecule has 0 amide bonds. The Balaban J connectivity index is 1.41. The van der Waals surface area contributed by atoms with E-state index in [0.29, 0.717) is 44.1 Å². The zero-order valence-corrected chi connectivity index (χ0v) is 24.7. The van der Waals surface area contributed by atoms with Gasteiger partial charge in [-0.2, -0.15) is 0 Å². The first-order valence-corrected chi connectivity index (χ1v) is 14.8. The standard InChI is InChI=1S/C31H44O9/c1-15-10-23(39-26(34)16(15)2)29(6,35)21-13-25(38-17(3)32)31(36)20-12-24-30(40-24)14-18(37-7)11-22(33)28(30,5)19(20)8-9-27(21,31)4/h18-21,23-25,35-36H,8-14H2,1-7H3/t18-,19+,20-,21+,23-,24-,25+,27-,28+,29-,30-,31-/m1/s1. The topological polar surface area (TPSA) is 132 Å². The van der Waals surface area contributed by atoms with Crippen LogP contribution in [0.15, 0.2) is 11.1 Å². The van der Waals surface area contributed by atoms with Crippen LogP contribution in [-0.2, 0) is 33.3 Å². The summed E-state index contributed by atoms with van der Waals surface area (Å²) < 4.78 is 23.6. The van der Waals surface area contributed by atoms with Gasteiger partial charge in [-0.1, -0.05) is 12.5 Å². The number of methoxy groups -OCH3 is 1. The summed E-state index contributed by atoms with van der Waals surface area (Å²) in [6, 6.07) is 0. The highest BCUT2D eigenvalue weighted by Gasteiger charge is 2.83. The molecule has 6 aliphatic rings. The third kappa shape index (κ3) is 3.32. The maximum Gasteiger partial charge on any atom is 0.334 e. The van der Waals surface area contributed by atoms with Crippen LogP contribution < -0.4 is 0 Å². The number of aliphatic hydroxyl groups is 2. The molecule has 2 N–H and O–H groups in total. The molecule has 2 heterocycles. The second kappa shape index (κ2) is 8.62. The minimum Gasteiger partial charge on any atom is -0.459 e. The lowest BCUT2D eigenvalue weighted by molar-refractivity contribution is -0.245. The van der Waals surface area contributed by atoms with E-state index in [9.17, 15) is 24.6 Å². The Morgan fingerprint density at radius 2 is 1.82 bits per heavy atom. The van der Waals surface area contributed by atoms with Crippen LogP contribution in [-0.4, -0.2) is 76.3 Å². The molecule has 0 aromatic carbocycles. The van der Waals surface area contributed by atoms with Gasteiger partial charge in [0.05, 0.1) is 17.6 Å². The molecule has 9 nitrogen and oxygen atoms in total. The Hall–Kier alpha value is -1.81. The Morgan fingerprint density at radius 1 is 1.12 bits per heavy atom. The monoisotopic (exact) mass is 560 g/mol. The molecule has 40 heavy (non-hydrogen) atoms. The predicted octanol–water partition coefficient (Wildman–Crippen LogP) is 3.03. The van der Waals surface area contributed by atoms with Gasteiger partial charge in [0.25, 0.3) is 0 Å². The van der Waals surface area contributed by atoms with Gasteiger partial charge in [-0.05, 0) is 65.2 Å². The number of cyclic esters (lactones) is 1. The van der Waals surface area contributed by atoms with E-state index in [1.54, 1.807) is 21.0 Å². The number of fused-ring (bicyclic) bond motifs is 4. The molecule has 222 valence electrons. The summed E-state index contributed by atoms with van der Waals surface area (Å²) in [7, 11) is 1.63. The molecule has 0 aromatic heterocycles. The van der Waals surface area contributed by atoms with Crippen molar-refractivity contribution in [3.63, 3.8) is 0 Å². The predicted molar refractivity (Wildman–Crippen MR) is 142 cm³/mol. The van der Waals surface area contributed by atoms with Crippen LogP contribution in [0, 0.1) is 28.6 Å². The number of ketones is 1. The van der Waals surface area contributed by atoms with Crippen LogP contribution in [0.5, 0.6) is 0 Å². The van der Waals surface area contributed by atoms with Crippen molar-refractivity contribution >= 4 is 17.7 Å². The number of carbonyl (C=O) groups is 3. The number of ether oxygens (including phenoxy) is 4. The number of carbonyl (C=O) groups excluding carboxylic acids is 3. The highest BCUT2D eigenvalue weighted by molar-refractivity contribution is 5.90. The van der Waals surface area contributed by atoms with E-state index in [4.69, 9.17) is 18.9 Å². The molecule has 0 bridgehead atoms. The molecule has 4 saturated carbocycles. The molecule has 9 heteroatoms. The van der Waals surface area contributed by atoms with Gasteiger partial charge in [0.1, 0.15) is 34.8 Å². The van der Waals surface area contributed by atoms with Gasteiger partial charge >= 0.3 is 11.9 Å². The summed E-state index contributed by atoms with van der Waals surface area (Å²) in [4.78, 5) is 38.8. The lowest BCUT2D eigenvalue weighted by Gasteiger charge is -2.62. The van der Waals surface area contributed by atoms with Crippen LogP contribution in [0.1, 0.15) is 86.5 Å². The van der Waals surface area contributed by atoms with E-state index in [1.165, 1.54) is 6.92 Å². The maximum absolute atomic E-state index is 13.8. The van der Waals surface area contributed by atoms with Gasteiger partial charge in [0, 0.05) is 50.2 Å². The second-order valence-electron chi connectivity index (χ2n) is 14.2. The number of rotatable bonds is 4. The van der Waals surface area contributed by atoms with Crippen molar-refractivity contribution in [3.8, 4) is 0 Å². The van der Waals surface area contributed by atoms with Gasteiger partial charge in [-0.25, -0.2) is 4.79 Å². The molecule has 2 aliphatic heterocycles. The van der Waals surface area contributed by atoms with E-state index in [1.807, 2.05) is 20.8 Å². The average molecular weight is 561 g/mol. The summed E-state index contributed by atoms with van der Waals surface area (Å²) in [6.45, 7) is 10.6. The SMILES string of the molecule is CO[C@@H]1CC(=O)[C@]2(C)[C@H]3CC[C@]4(C)[C@@H]([C@@](C)(O)[C@H]5CC(C)=C(C)C(=O)O5)C[C@H](OC(C)=O)[C@]4(O)[C@@H]3C[C@H]3O[C@]32C1. The fourth-order valence-electron chi connectivity index (χ4n) is 10.3. The third-order valence-corrected chi connectivity index (χ3v) is 12.8. The Kier molecular flexibility index (Phi) is 6.10. The van der Waals surface area contributed by atoms with Crippen molar-refractivity contribution in [1.82, 2.24) is 0 Å². The highest BCUT2D eigenvalue weighted by atomic mass is 16.6. The second-order valence-corrected chi connectivity index (χ2v) is 14.2. The first-order chi connectivity index (χ1) is 18.6. The Labute approximate surface area is 235 Å². The van der Waals surface area contributed by atoms with E-state index in [-0.39, 0.29) is 36.2 Å².